The minimum absolute atomic E-state index is 0.00637. The van der Waals surface area contributed by atoms with Crippen LogP contribution in [0.5, 0.6) is 0 Å². The third-order valence-corrected chi connectivity index (χ3v) is 8.46. The van der Waals surface area contributed by atoms with Gasteiger partial charge >= 0.3 is 16.4 Å². The van der Waals surface area contributed by atoms with E-state index in [0.29, 0.717) is 10.4 Å². The summed E-state index contributed by atoms with van der Waals surface area (Å²) in [5.41, 5.74) is 0.251. The first-order chi connectivity index (χ1) is 23.1. The summed E-state index contributed by atoms with van der Waals surface area (Å²) < 4.78 is 105. The van der Waals surface area contributed by atoms with Gasteiger partial charge in [0.25, 0.3) is 11.7 Å². The van der Waals surface area contributed by atoms with Crippen molar-refractivity contribution in [1.82, 2.24) is 40.3 Å². The van der Waals surface area contributed by atoms with Crippen molar-refractivity contribution in [3.8, 4) is 11.9 Å². The second-order valence-corrected chi connectivity index (χ2v) is 13.5. The molecule has 0 saturated heterocycles. The Bertz CT molecular complexity index is 2180. The topological polar surface area (TPSA) is 144 Å². The van der Waals surface area contributed by atoms with Gasteiger partial charge in [-0.1, -0.05) is 43.2 Å². The number of nitrogens with one attached hydrogen (secondary N) is 1. The lowest BCUT2D eigenvalue weighted by Gasteiger charge is -2.40. The van der Waals surface area contributed by atoms with E-state index in [2.05, 4.69) is 30.8 Å². The quantitative estimate of drug-likeness (QED) is 0.117. The highest BCUT2D eigenvalue weighted by Crippen LogP contribution is 3.02. The smallest absolute Gasteiger partial charge is 0.348 e. The van der Waals surface area contributed by atoms with Crippen molar-refractivity contribution < 1.29 is 42.2 Å². The van der Waals surface area contributed by atoms with Crippen LogP contribution in [0.3, 0.4) is 0 Å². The van der Waals surface area contributed by atoms with Crippen LogP contribution >= 0.6 is 21.8 Å². The van der Waals surface area contributed by atoms with Gasteiger partial charge in [-0.3, -0.25) is 9.59 Å². The Kier molecular flexibility index (Phi) is 8.73. The van der Waals surface area contributed by atoms with Crippen molar-refractivity contribution in [2.24, 2.45) is 0 Å². The van der Waals surface area contributed by atoms with E-state index in [0.717, 1.165) is 16.8 Å². The second-order valence-electron chi connectivity index (χ2n) is 10.7. The number of carbonyl (C=O) groups is 2. The first-order valence-electron chi connectivity index (χ1n) is 13.9. The van der Waals surface area contributed by atoms with E-state index >= 15 is 0 Å². The van der Waals surface area contributed by atoms with Gasteiger partial charge in [0, 0.05) is 24.7 Å². The van der Waals surface area contributed by atoms with E-state index in [1.807, 2.05) is 6.07 Å². The average Bonchev–Trinajstić information content (AvgIpc) is 3.68. The minimum Gasteiger partial charge on any atom is -0.348 e. The molecule has 262 valence electrons. The van der Waals surface area contributed by atoms with E-state index in [1.54, 1.807) is 0 Å². The molecule has 2 aromatic carbocycles. The molecule has 50 heavy (non-hydrogen) atoms. The van der Waals surface area contributed by atoms with E-state index in [1.165, 1.54) is 43.5 Å². The average molecular weight is 746 g/mol. The highest BCUT2D eigenvalue weighted by molar-refractivity contribution is 8.45. The first-order valence-corrected chi connectivity index (χ1v) is 16.2. The number of hydrogen-bond donors (Lipinski definition) is 1. The number of aryl methyl sites for hydroxylation is 1. The number of nitriles is 1. The molecule has 0 unspecified atom stereocenters. The number of rotatable bonds is 10. The zero-order valence-corrected chi connectivity index (χ0v) is 26.7. The van der Waals surface area contributed by atoms with Crippen molar-refractivity contribution in [2.75, 3.05) is 0 Å². The van der Waals surface area contributed by atoms with Crippen LogP contribution < -0.4 is 5.32 Å². The summed E-state index contributed by atoms with van der Waals surface area (Å²) in [5.74, 6) is -3.04. The van der Waals surface area contributed by atoms with Crippen molar-refractivity contribution in [3.63, 3.8) is 0 Å². The minimum atomic E-state index is -9.91. The lowest BCUT2D eigenvalue weighted by molar-refractivity contribution is -0.145. The number of ketones is 1. The fraction of sp³-hybridized carbons (Fsp3) is 0.172. The molecule has 0 radical (unpaired) electrons. The van der Waals surface area contributed by atoms with Crippen molar-refractivity contribution in [2.45, 2.75) is 37.5 Å². The molecule has 5 rings (SSSR count). The van der Waals surface area contributed by atoms with Gasteiger partial charge < -0.3 is 5.32 Å². The van der Waals surface area contributed by atoms with Crippen LogP contribution in [0.1, 0.15) is 54.6 Å². The Morgan fingerprint density at radius 2 is 1.72 bits per heavy atom. The van der Waals surface area contributed by atoms with Crippen LogP contribution in [0.15, 0.2) is 65.7 Å². The summed E-state index contributed by atoms with van der Waals surface area (Å²) in [6, 6.07) is 10.6. The number of Topliss-reactive ketones (excluding diaryl/α,β-unsaturated/α-hetero) is 1. The monoisotopic (exact) mass is 745 g/mol. The standard InChI is InChI=1S/C29H20ClF8N9O2S/c1-16-9-18(13-39)10-22(27(49)41-14-17-4-6-20(7-5-17)50(34,35,36,37)38)21(16)12-25(48)24-11-19(15-46-44-28(42-45-46)29(31,32)33)43-47(24)26-23(30)3-2-8-40-26/h2-11H,12,14-15H2,1H3,(H,41,49). The molecule has 0 aliphatic rings. The molecule has 0 aliphatic heterocycles. The van der Waals surface area contributed by atoms with Crippen molar-refractivity contribution >= 4 is 33.5 Å². The SMILES string of the molecule is Cc1cc(C#N)cc(C(=O)NCc2ccc(S(F)(F)(F)(F)F)cc2)c1CC(=O)c1cc(Cn2nnc(C(F)(F)F)n2)nn1-c1ncccc1Cl. The molecule has 1 N–H and O–H groups in total. The maximum absolute atomic E-state index is 13.9. The predicted molar refractivity (Wildman–Crippen MR) is 161 cm³/mol. The third kappa shape index (κ3) is 8.06. The van der Waals surface area contributed by atoms with E-state index in [9.17, 15) is 47.5 Å². The zero-order chi connectivity index (χ0) is 36.7. The van der Waals surface area contributed by atoms with Gasteiger partial charge in [0.05, 0.1) is 22.3 Å². The summed E-state index contributed by atoms with van der Waals surface area (Å²) in [6.07, 6.45) is -4.00. The highest BCUT2D eigenvalue weighted by atomic mass is 35.5. The molecule has 0 fully saturated rings. The Balaban J connectivity index is 1.45. The number of aromatic nitrogens is 7. The van der Waals surface area contributed by atoms with Gasteiger partial charge in [-0.25, -0.2) is 9.67 Å². The van der Waals surface area contributed by atoms with Crippen LogP contribution in [0.4, 0.5) is 32.6 Å². The number of halogens is 9. The number of tetrazole rings is 1. The number of amides is 1. The number of benzene rings is 2. The number of carbonyl (C=O) groups excluding carboxylic acids is 2. The fourth-order valence-corrected chi connectivity index (χ4v) is 5.53. The molecule has 21 heteroatoms. The predicted octanol–water partition coefficient (Wildman–Crippen LogP) is 7.17. The Morgan fingerprint density at radius 1 is 1.02 bits per heavy atom. The van der Waals surface area contributed by atoms with Gasteiger partial charge in [0.1, 0.15) is 17.1 Å². The Labute approximate surface area is 281 Å². The Hall–Kier alpha value is -5.42. The molecule has 5 aromatic rings. The molecule has 0 saturated carbocycles. The lowest BCUT2D eigenvalue weighted by atomic mass is 9.93. The fourth-order valence-electron chi connectivity index (χ4n) is 4.68. The van der Waals surface area contributed by atoms with Crippen LogP contribution in [-0.2, 0) is 25.7 Å². The molecular weight excluding hydrogens is 726 g/mol. The molecule has 3 heterocycles. The number of alkyl halides is 3. The molecule has 1 amide bonds. The Morgan fingerprint density at radius 3 is 2.32 bits per heavy atom. The molecule has 0 atom stereocenters. The van der Waals surface area contributed by atoms with Crippen molar-refractivity contribution in [3.05, 3.63) is 111 Å². The van der Waals surface area contributed by atoms with Crippen LogP contribution in [0.2, 0.25) is 5.02 Å². The van der Waals surface area contributed by atoms with Gasteiger partial charge in [-0.2, -0.15) is 28.3 Å². The second kappa shape index (κ2) is 12.2. The zero-order valence-electron chi connectivity index (χ0n) is 25.1. The van der Waals surface area contributed by atoms with Gasteiger partial charge in [-0.15, -0.1) is 10.2 Å². The summed E-state index contributed by atoms with van der Waals surface area (Å²) in [4.78, 5) is 29.9. The van der Waals surface area contributed by atoms with Crippen LogP contribution in [0.25, 0.3) is 5.82 Å². The third-order valence-electron chi connectivity index (χ3n) is 7.00. The molecule has 0 bridgehead atoms. The maximum Gasteiger partial charge on any atom is 0.455 e. The summed E-state index contributed by atoms with van der Waals surface area (Å²) >= 11 is 6.30. The summed E-state index contributed by atoms with van der Waals surface area (Å²) in [6.45, 7) is 0.669. The highest BCUT2D eigenvalue weighted by Gasteiger charge is 2.65. The summed E-state index contributed by atoms with van der Waals surface area (Å²) in [5, 5.41) is 25.9. The van der Waals surface area contributed by atoms with Gasteiger partial charge in [-0.05, 0) is 71.3 Å². The number of pyridine rings is 1. The first kappa shape index (κ1) is 35.9. The molecule has 0 spiro atoms. The molecule has 3 aromatic heterocycles. The van der Waals surface area contributed by atoms with Crippen LogP contribution in [-0.4, -0.2) is 46.7 Å². The number of nitrogens with zero attached hydrogens (tertiary/aromatic N) is 8. The van der Waals surface area contributed by atoms with Crippen LogP contribution in [0, 0.1) is 18.3 Å². The van der Waals surface area contributed by atoms with Gasteiger partial charge in [0.15, 0.2) is 11.6 Å². The normalized spacial score (nSPS) is 13.3. The maximum atomic E-state index is 13.9. The summed E-state index contributed by atoms with van der Waals surface area (Å²) in [7, 11) is -9.91. The van der Waals surface area contributed by atoms with E-state index in [-0.39, 0.29) is 56.6 Å². The molecule has 0 aliphatic carbocycles. The molecule has 11 nitrogen and oxygen atoms in total. The lowest BCUT2D eigenvalue weighted by Crippen LogP contribution is -2.25. The van der Waals surface area contributed by atoms with E-state index in [4.69, 9.17) is 11.6 Å². The number of hydrogen-bond acceptors (Lipinski definition) is 8. The van der Waals surface area contributed by atoms with Crippen molar-refractivity contribution in [1.29, 1.82) is 5.26 Å². The van der Waals surface area contributed by atoms with E-state index < -0.39 is 58.3 Å². The largest absolute Gasteiger partial charge is 0.455 e. The molecular formula is C29H20ClF8N9O2S. The van der Waals surface area contributed by atoms with Gasteiger partial charge in [0.2, 0.25) is 0 Å².